The summed E-state index contributed by atoms with van der Waals surface area (Å²) in [4.78, 5) is 8.41. The van der Waals surface area contributed by atoms with Crippen molar-refractivity contribution in [1.29, 1.82) is 0 Å². The van der Waals surface area contributed by atoms with E-state index in [-0.39, 0.29) is 11.1 Å². The summed E-state index contributed by atoms with van der Waals surface area (Å²) in [7, 11) is 0. The van der Waals surface area contributed by atoms with Crippen LogP contribution in [0.4, 0.5) is 13.2 Å². The average molecular weight is 301 g/mol. The Labute approximate surface area is 119 Å². The van der Waals surface area contributed by atoms with Crippen molar-refractivity contribution in [3.05, 3.63) is 46.9 Å². The van der Waals surface area contributed by atoms with Gasteiger partial charge >= 0.3 is 6.18 Å². The zero-order valence-electron chi connectivity index (χ0n) is 10.9. The standard InChI is InChI=1S/C14H12ClF3N2/c1-8(2)13-19-11(7-12(15)20-13)9-3-5-10(6-4-9)14(16,17)18/h3-8H,1-2H3. The van der Waals surface area contributed by atoms with Gasteiger partial charge in [0.2, 0.25) is 0 Å². The fourth-order valence-electron chi connectivity index (χ4n) is 1.67. The Hall–Kier alpha value is -1.62. The van der Waals surface area contributed by atoms with E-state index in [1.165, 1.54) is 18.2 Å². The van der Waals surface area contributed by atoms with Gasteiger partial charge in [0.1, 0.15) is 11.0 Å². The number of benzene rings is 1. The molecule has 0 N–H and O–H groups in total. The highest BCUT2D eigenvalue weighted by atomic mass is 35.5. The molecule has 2 nitrogen and oxygen atoms in total. The summed E-state index contributed by atoms with van der Waals surface area (Å²) in [6.07, 6.45) is -4.34. The Balaban J connectivity index is 2.41. The number of hydrogen-bond donors (Lipinski definition) is 0. The van der Waals surface area contributed by atoms with E-state index in [1.54, 1.807) is 0 Å². The van der Waals surface area contributed by atoms with Crippen LogP contribution in [0.1, 0.15) is 31.2 Å². The predicted octanol–water partition coefficient (Wildman–Crippen LogP) is 4.94. The second-order valence-corrected chi connectivity index (χ2v) is 5.05. The summed E-state index contributed by atoms with van der Waals surface area (Å²) in [6.45, 7) is 3.84. The molecule has 0 fully saturated rings. The van der Waals surface area contributed by atoms with Crippen molar-refractivity contribution in [2.75, 3.05) is 0 Å². The lowest BCUT2D eigenvalue weighted by Gasteiger charge is -2.09. The lowest BCUT2D eigenvalue weighted by molar-refractivity contribution is -0.137. The molecule has 106 valence electrons. The Morgan fingerprint density at radius 1 is 1.05 bits per heavy atom. The molecule has 0 aliphatic carbocycles. The van der Waals surface area contributed by atoms with Gasteiger partial charge in [0.05, 0.1) is 11.3 Å². The van der Waals surface area contributed by atoms with Gasteiger partial charge in [-0.25, -0.2) is 9.97 Å². The number of hydrogen-bond acceptors (Lipinski definition) is 2. The second kappa shape index (κ2) is 5.40. The molecule has 0 radical (unpaired) electrons. The van der Waals surface area contributed by atoms with Crippen LogP contribution in [-0.4, -0.2) is 9.97 Å². The number of aromatic nitrogens is 2. The van der Waals surface area contributed by atoms with Crippen LogP contribution in [0.25, 0.3) is 11.3 Å². The van der Waals surface area contributed by atoms with Crippen molar-refractivity contribution in [1.82, 2.24) is 9.97 Å². The van der Waals surface area contributed by atoms with Crippen LogP contribution in [0.3, 0.4) is 0 Å². The maximum Gasteiger partial charge on any atom is 0.416 e. The Kier molecular flexibility index (Phi) is 3.99. The largest absolute Gasteiger partial charge is 0.416 e. The molecule has 1 heterocycles. The fourth-order valence-corrected chi connectivity index (χ4v) is 1.86. The molecule has 0 amide bonds. The van der Waals surface area contributed by atoms with E-state index in [9.17, 15) is 13.2 Å². The lowest BCUT2D eigenvalue weighted by atomic mass is 10.1. The van der Waals surface area contributed by atoms with Gasteiger partial charge in [0.25, 0.3) is 0 Å². The molecule has 0 spiro atoms. The minimum absolute atomic E-state index is 0.0851. The van der Waals surface area contributed by atoms with E-state index >= 15 is 0 Å². The van der Waals surface area contributed by atoms with Gasteiger partial charge < -0.3 is 0 Å². The first kappa shape index (κ1) is 14.8. The Morgan fingerprint density at radius 3 is 2.15 bits per heavy atom. The van der Waals surface area contributed by atoms with Gasteiger partial charge in [0, 0.05) is 17.5 Å². The number of halogens is 4. The molecule has 0 aliphatic heterocycles. The quantitative estimate of drug-likeness (QED) is 0.734. The summed E-state index contributed by atoms with van der Waals surface area (Å²) in [6, 6.07) is 6.36. The van der Waals surface area contributed by atoms with Crippen LogP contribution in [0, 0.1) is 0 Å². The normalized spacial score (nSPS) is 11.9. The zero-order chi connectivity index (χ0) is 14.9. The molecule has 2 aromatic rings. The maximum atomic E-state index is 12.5. The van der Waals surface area contributed by atoms with Gasteiger partial charge in [-0.05, 0) is 12.1 Å². The fraction of sp³-hybridized carbons (Fsp3) is 0.286. The molecule has 2 rings (SSSR count). The molecule has 0 atom stereocenters. The summed E-state index contributed by atoms with van der Waals surface area (Å²) in [5.74, 6) is 0.647. The highest BCUT2D eigenvalue weighted by Crippen LogP contribution is 2.31. The number of alkyl halides is 3. The minimum atomic E-state index is -4.34. The molecule has 0 bridgehead atoms. The van der Waals surface area contributed by atoms with E-state index in [1.807, 2.05) is 13.8 Å². The molecular weight excluding hydrogens is 289 g/mol. The third-order valence-corrected chi connectivity index (χ3v) is 2.93. The molecule has 20 heavy (non-hydrogen) atoms. The van der Waals surface area contributed by atoms with E-state index in [0.717, 1.165) is 12.1 Å². The van der Waals surface area contributed by atoms with E-state index in [4.69, 9.17) is 11.6 Å². The van der Waals surface area contributed by atoms with Crippen LogP contribution >= 0.6 is 11.6 Å². The van der Waals surface area contributed by atoms with Crippen molar-refractivity contribution in [2.45, 2.75) is 25.9 Å². The molecule has 0 saturated heterocycles. The highest BCUT2D eigenvalue weighted by molar-refractivity contribution is 6.29. The SMILES string of the molecule is CC(C)c1nc(Cl)cc(-c2ccc(C(F)(F)F)cc2)n1. The Bertz CT molecular complexity index is 607. The van der Waals surface area contributed by atoms with Gasteiger partial charge in [-0.1, -0.05) is 37.6 Å². The van der Waals surface area contributed by atoms with Gasteiger partial charge in [-0.3, -0.25) is 0 Å². The summed E-state index contributed by atoms with van der Waals surface area (Å²) < 4.78 is 37.5. The van der Waals surface area contributed by atoms with Crippen molar-refractivity contribution in [2.24, 2.45) is 0 Å². The van der Waals surface area contributed by atoms with Gasteiger partial charge in [-0.15, -0.1) is 0 Å². The third-order valence-electron chi connectivity index (χ3n) is 2.74. The molecule has 6 heteroatoms. The van der Waals surface area contributed by atoms with Gasteiger partial charge in [-0.2, -0.15) is 13.2 Å². The molecule has 1 aromatic carbocycles. The first-order valence-electron chi connectivity index (χ1n) is 5.99. The summed E-state index contributed by atoms with van der Waals surface area (Å²) >= 11 is 5.92. The monoisotopic (exact) mass is 300 g/mol. The molecule has 0 aliphatic rings. The van der Waals surface area contributed by atoms with Crippen molar-refractivity contribution < 1.29 is 13.2 Å². The topological polar surface area (TPSA) is 25.8 Å². The predicted molar refractivity (Wildman–Crippen MR) is 71.6 cm³/mol. The molecular formula is C14H12ClF3N2. The highest BCUT2D eigenvalue weighted by Gasteiger charge is 2.30. The lowest BCUT2D eigenvalue weighted by Crippen LogP contribution is -2.04. The third kappa shape index (κ3) is 3.28. The van der Waals surface area contributed by atoms with Gasteiger partial charge in [0.15, 0.2) is 0 Å². The van der Waals surface area contributed by atoms with Crippen molar-refractivity contribution in [3.63, 3.8) is 0 Å². The second-order valence-electron chi connectivity index (χ2n) is 4.66. The molecule has 0 saturated carbocycles. The Morgan fingerprint density at radius 2 is 1.65 bits per heavy atom. The van der Waals surface area contributed by atoms with Crippen LogP contribution < -0.4 is 0 Å². The minimum Gasteiger partial charge on any atom is -0.233 e. The van der Waals surface area contributed by atoms with E-state index < -0.39 is 11.7 Å². The molecule has 1 aromatic heterocycles. The van der Waals surface area contributed by atoms with Crippen LogP contribution in [0.5, 0.6) is 0 Å². The summed E-state index contributed by atoms with van der Waals surface area (Å²) in [5.41, 5.74) is 0.400. The zero-order valence-corrected chi connectivity index (χ0v) is 11.6. The molecule has 0 unspecified atom stereocenters. The van der Waals surface area contributed by atoms with Crippen molar-refractivity contribution >= 4 is 11.6 Å². The van der Waals surface area contributed by atoms with Crippen molar-refractivity contribution in [3.8, 4) is 11.3 Å². The average Bonchev–Trinajstić information content (AvgIpc) is 2.37. The van der Waals surface area contributed by atoms with E-state index in [2.05, 4.69) is 9.97 Å². The van der Waals surface area contributed by atoms with Crippen LogP contribution in [0.15, 0.2) is 30.3 Å². The first-order chi connectivity index (χ1) is 9.27. The summed E-state index contributed by atoms with van der Waals surface area (Å²) in [5, 5.41) is 0.276. The van der Waals surface area contributed by atoms with E-state index in [0.29, 0.717) is 17.1 Å². The smallest absolute Gasteiger partial charge is 0.233 e. The number of rotatable bonds is 2. The number of nitrogens with zero attached hydrogens (tertiary/aromatic N) is 2. The maximum absolute atomic E-state index is 12.5. The van der Waals surface area contributed by atoms with Crippen LogP contribution in [-0.2, 0) is 6.18 Å². The first-order valence-corrected chi connectivity index (χ1v) is 6.37. The van der Waals surface area contributed by atoms with Crippen LogP contribution in [0.2, 0.25) is 5.15 Å².